The van der Waals surface area contributed by atoms with Gasteiger partial charge >= 0.3 is 6.16 Å². The van der Waals surface area contributed by atoms with Crippen LogP contribution in [-0.2, 0) is 9.47 Å². The molecule has 0 saturated carbocycles. The molecule has 0 aliphatic heterocycles. The first-order valence-electron chi connectivity index (χ1n) is 4.58. The molecule has 0 amide bonds. The summed E-state index contributed by atoms with van der Waals surface area (Å²) in [6.07, 6.45) is -0.982. The van der Waals surface area contributed by atoms with Gasteiger partial charge in [0.2, 0.25) is 0 Å². The van der Waals surface area contributed by atoms with E-state index in [1.807, 2.05) is 0 Å². The zero-order valence-electron chi connectivity index (χ0n) is 8.82. The number of hydrogen-bond acceptors (Lipinski definition) is 5. The van der Waals surface area contributed by atoms with E-state index in [9.17, 15) is 9.90 Å². The maximum atomic E-state index is 10.9. The molecule has 0 aromatic carbocycles. The SMILES string of the molecule is CCC(C)(O)COC(=O)OC(C)CO. The van der Waals surface area contributed by atoms with Crippen LogP contribution >= 0.6 is 0 Å². The zero-order chi connectivity index (χ0) is 11.2. The van der Waals surface area contributed by atoms with Crippen LogP contribution in [0.4, 0.5) is 4.79 Å². The van der Waals surface area contributed by atoms with Crippen molar-refractivity contribution in [3.05, 3.63) is 0 Å². The Kier molecular flexibility index (Phi) is 5.49. The van der Waals surface area contributed by atoms with E-state index in [-0.39, 0.29) is 13.2 Å². The highest BCUT2D eigenvalue weighted by Gasteiger charge is 2.21. The van der Waals surface area contributed by atoms with Gasteiger partial charge in [-0.1, -0.05) is 6.92 Å². The fraction of sp³-hybridized carbons (Fsp3) is 0.889. The molecule has 5 heteroatoms. The van der Waals surface area contributed by atoms with Crippen LogP contribution in [0.3, 0.4) is 0 Å². The van der Waals surface area contributed by atoms with E-state index in [2.05, 4.69) is 9.47 Å². The van der Waals surface area contributed by atoms with Crippen molar-refractivity contribution < 1.29 is 24.5 Å². The summed E-state index contributed by atoms with van der Waals surface area (Å²) in [5.41, 5.74) is -1.03. The van der Waals surface area contributed by atoms with Gasteiger partial charge in [-0.15, -0.1) is 0 Å². The Hall–Kier alpha value is -0.810. The van der Waals surface area contributed by atoms with Crippen molar-refractivity contribution in [2.24, 2.45) is 0 Å². The van der Waals surface area contributed by atoms with Crippen LogP contribution in [-0.4, -0.2) is 41.3 Å². The first-order chi connectivity index (χ1) is 6.41. The molecular weight excluding hydrogens is 188 g/mol. The van der Waals surface area contributed by atoms with Gasteiger partial charge in [-0.05, 0) is 20.3 Å². The molecule has 0 aliphatic rings. The third-order valence-electron chi connectivity index (χ3n) is 1.82. The van der Waals surface area contributed by atoms with E-state index in [0.29, 0.717) is 6.42 Å². The van der Waals surface area contributed by atoms with Gasteiger partial charge in [0.25, 0.3) is 0 Å². The smallest absolute Gasteiger partial charge is 0.431 e. The fourth-order valence-corrected chi connectivity index (χ4v) is 0.552. The molecule has 0 heterocycles. The van der Waals surface area contributed by atoms with Crippen molar-refractivity contribution in [3.63, 3.8) is 0 Å². The lowest BCUT2D eigenvalue weighted by atomic mass is 10.1. The fourth-order valence-electron chi connectivity index (χ4n) is 0.552. The van der Waals surface area contributed by atoms with Crippen molar-refractivity contribution in [2.75, 3.05) is 13.2 Å². The second kappa shape index (κ2) is 5.82. The van der Waals surface area contributed by atoms with E-state index in [4.69, 9.17) is 5.11 Å². The van der Waals surface area contributed by atoms with Gasteiger partial charge in [-0.25, -0.2) is 4.79 Å². The summed E-state index contributed by atoms with van der Waals surface area (Å²) >= 11 is 0. The molecule has 0 bridgehead atoms. The normalized spacial score (nSPS) is 16.9. The topological polar surface area (TPSA) is 76.0 Å². The first kappa shape index (κ1) is 13.2. The highest BCUT2D eigenvalue weighted by molar-refractivity contribution is 5.60. The van der Waals surface area contributed by atoms with Crippen LogP contribution in [0, 0.1) is 0 Å². The monoisotopic (exact) mass is 206 g/mol. The number of aliphatic hydroxyl groups is 2. The molecule has 0 aromatic rings. The minimum atomic E-state index is -1.03. The molecule has 84 valence electrons. The summed E-state index contributed by atoms with van der Waals surface area (Å²) in [4.78, 5) is 10.9. The van der Waals surface area contributed by atoms with Gasteiger partial charge < -0.3 is 19.7 Å². The average Bonchev–Trinajstić information content (AvgIpc) is 2.15. The molecular formula is C9H18O5. The van der Waals surface area contributed by atoms with Gasteiger partial charge in [-0.2, -0.15) is 0 Å². The maximum Gasteiger partial charge on any atom is 0.508 e. The van der Waals surface area contributed by atoms with Crippen molar-refractivity contribution in [1.82, 2.24) is 0 Å². The number of hydrogen-bond donors (Lipinski definition) is 2. The van der Waals surface area contributed by atoms with Gasteiger partial charge in [0.15, 0.2) is 0 Å². The van der Waals surface area contributed by atoms with Crippen molar-refractivity contribution in [2.45, 2.75) is 38.9 Å². The Morgan fingerprint density at radius 2 is 2.14 bits per heavy atom. The van der Waals surface area contributed by atoms with Crippen LogP contribution in [0.15, 0.2) is 0 Å². The molecule has 5 nitrogen and oxygen atoms in total. The number of aliphatic hydroxyl groups excluding tert-OH is 1. The lowest BCUT2D eigenvalue weighted by molar-refractivity contribution is -0.0454. The van der Waals surface area contributed by atoms with Crippen LogP contribution in [0.5, 0.6) is 0 Å². The van der Waals surface area contributed by atoms with E-state index < -0.39 is 17.9 Å². The van der Waals surface area contributed by atoms with E-state index >= 15 is 0 Å². The molecule has 2 atom stereocenters. The average molecular weight is 206 g/mol. The van der Waals surface area contributed by atoms with Gasteiger partial charge in [-0.3, -0.25) is 0 Å². The highest BCUT2D eigenvalue weighted by atomic mass is 16.7. The number of carbonyl (C=O) groups is 1. The van der Waals surface area contributed by atoms with E-state index in [1.54, 1.807) is 20.8 Å². The van der Waals surface area contributed by atoms with Gasteiger partial charge in [0, 0.05) is 0 Å². The number of carbonyl (C=O) groups excluding carboxylic acids is 1. The molecule has 0 aromatic heterocycles. The van der Waals surface area contributed by atoms with Gasteiger partial charge in [0.05, 0.1) is 12.2 Å². The second-order valence-corrected chi connectivity index (χ2v) is 3.50. The quantitative estimate of drug-likeness (QED) is 0.647. The Balaban J connectivity index is 3.74. The minimum absolute atomic E-state index is 0.111. The summed E-state index contributed by atoms with van der Waals surface area (Å²) in [5.74, 6) is 0. The van der Waals surface area contributed by atoms with Crippen molar-refractivity contribution in [3.8, 4) is 0 Å². The molecule has 0 rings (SSSR count). The molecule has 14 heavy (non-hydrogen) atoms. The minimum Gasteiger partial charge on any atom is -0.431 e. The number of ether oxygens (including phenoxy) is 2. The third-order valence-corrected chi connectivity index (χ3v) is 1.82. The van der Waals surface area contributed by atoms with E-state index in [0.717, 1.165) is 0 Å². The lowest BCUT2D eigenvalue weighted by Crippen LogP contribution is -2.32. The predicted molar refractivity (Wildman–Crippen MR) is 49.9 cm³/mol. The first-order valence-corrected chi connectivity index (χ1v) is 4.58. The summed E-state index contributed by atoms with van der Waals surface area (Å²) in [5, 5.41) is 18.1. The van der Waals surface area contributed by atoms with Crippen molar-refractivity contribution >= 4 is 6.16 Å². The molecule has 0 fully saturated rings. The predicted octanol–water partition coefficient (Wildman–Crippen LogP) is 0.681. The third kappa shape index (κ3) is 5.77. The summed E-state index contributed by atoms with van der Waals surface area (Å²) in [6, 6.07) is 0. The largest absolute Gasteiger partial charge is 0.508 e. The lowest BCUT2D eigenvalue weighted by Gasteiger charge is -2.20. The van der Waals surface area contributed by atoms with Crippen molar-refractivity contribution in [1.29, 1.82) is 0 Å². The molecule has 0 radical (unpaired) electrons. The summed E-state index contributed by atoms with van der Waals surface area (Å²) in [7, 11) is 0. The number of rotatable bonds is 5. The van der Waals surface area contributed by atoms with Crippen LogP contribution in [0.2, 0.25) is 0 Å². The molecule has 0 aliphatic carbocycles. The Morgan fingerprint density at radius 3 is 2.57 bits per heavy atom. The molecule has 2 N–H and O–H groups in total. The molecule has 2 unspecified atom stereocenters. The summed E-state index contributed by atoms with van der Waals surface area (Å²) in [6.45, 7) is 4.53. The maximum absolute atomic E-state index is 10.9. The Labute approximate surface area is 83.6 Å². The van der Waals surface area contributed by atoms with Crippen LogP contribution < -0.4 is 0 Å². The summed E-state index contributed by atoms with van der Waals surface area (Å²) < 4.78 is 9.27. The van der Waals surface area contributed by atoms with Crippen LogP contribution in [0.25, 0.3) is 0 Å². The molecule has 0 spiro atoms. The highest BCUT2D eigenvalue weighted by Crippen LogP contribution is 2.09. The Morgan fingerprint density at radius 1 is 1.57 bits per heavy atom. The zero-order valence-corrected chi connectivity index (χ0v) is 8.82. The van der Waals surface area contributed by atoms with Gasteiger partial charge in [0.1, 0.15) is 12.7 Å². The molecule has 0 saturated heterocycles. The standard InChI is InChI=1S/C9H18O5/c1-4-9(3,12)6-13-8(11)14-7(2)5-10/h7,10,12H,4-6H2,1-3H3. The second-order valence-electron chi connectivity index (χ2n) is 3.50. The van der Waals surface area contributed by atoms with E-state index in [1.165, 1.54) is 0 Å². The van der Waals surface area contributed by atoms with Crippen LogP contribution in [0.1, 0.15) is 27.2 Å². The Bertz CT molecular complexity index is 178.